The first-order valence-electron chi connectivity index (χ1n) is 33.1. The Kier molecular flexibility index (Phi) is 61.7. The molecule has 0 rings (SSSR count). The quantitative estimate of drug-likeness (QED) is 0.0261. The predicted molar refractivity (Wildman–Crippen MR) is 325 cm³/mol. The van der Waals surface area contributed by atoms with Crippen molar-refractivity contribution in [3.63, 3.8) is 0 Å². The number of hydrogen-bond donors (Lipinski definition) is 0. The SMILES string of the molecule is CCCCC/C=C\C/C=C\C/C=C\CCCCCCCCC(=O)OC(COC(=O)CCCCCCC/C=C\CCCCCC)COC(=O)CCCCCCCCCCCCCCCCCCCCCCCCCCC. The van der Waals surface area contributed by atoms with Crippen molar-refractivity contribution in [2.24, 2.45) is 0 Å². The smallest absolute Gasteiger partial charge is 0.306 e. The summed E-state index contributed by atoms with van der Waals surface area (Å²) in [5.74, 6) is -0.879. The standard InChI is InChI=1S/C69H126O6/c1-4-7-10-13-16-19-22-25-27-29-31-32-33-34-35-36-38-39-41-44-47-50-53-56-59-62-68(71)74-65-66(64-73-67(70)61-58-55-52-49-46-43-24-21-18-15-12-9-6-3)75-69(72)63-60-57-54-51-48-45-42-40-37-30-28-26-23-20-17-14-11-8-5-2/h17,20-21,24,26,28,37,40,66H,4-16,18-19,22-23,25,27,29-36,38-39,41-65H2,1-3H3/b20-17-,24-21-,28-26-,40-37-. The molecule has 0 aliphatic heterocycles. The molecule has 0 N–H and O–H groups in total. The summed E-state index contributed by atoms with van der Waals surface area (Å²) in [4.78, 5) is 38.3. The van der Waals surface area contributed by atoms with Crippen molar-refractivity contribution in [1.29, 1.82) is 0 Å². The van der Waals surface area contributed by atoms with Crippen LogP contribution in [0.2, 0.25) is 0 Å². The first kappa shape index (κ1) is 72.4. The third-order valence-corrected chi connectivity index (χ3v) is 14.8. The van der Waals surface area contributed by atoms with Gasteiger partial charge < -0.3 is 14.2 Å². The fraction of sp³-hybridized carbons (Fsp3) is 0.841. The second-order valence-electron chi connectivity index (χ2n) is 22.4. The molecule has 438 valence electrons. The molecule has 0 saturated heterocycles. The van der Waals surface area contributed by atoms with Crippen LogP contribution < -0.4 is 0 Å². The maximum absolute atomic E-state index is 12.9. The lowest BCUT2D eigenvalue weighted by molar-refractivity contribution is -0.167. The number of esters is 3. The number of unbranched alkanes of at least 4 members (excludes halogenated alkanes) is 42. The predicted octanol–water partition coefficient (Wildman–Crippen LogP) is 22.6. The van der Waals surface area contributed by atoms with Gasteiger partial charge in [-0.05, 0) is 83.5 Å². The highest BCUT2D eigenvalue weighted by atomic mass is 16.6. The zero-order chi connectivity index (χ0) is 54.3. The molecule has 0 fully saturated rings. The van der Waals surface area contributed by atoms with Gasteiger partial charge in [0.05, 0.1) is 0 Å². The summed E-state index contributed by atoms with van der Waals surface area (Å²) in [6.07, 6.45) is 79.8. The fourth-order valence-electron chi connectivity index (χ4n) is 9.80. The van der Waals surface area contributed by atoms with Crippen LogP contribution in [-0.4, -0.2) is 37.2 Å². The summed E-state index contributed by atoms with van der Waals surface area (Å²) in [6, 6.07) is 0. The Balaban J connectivity index is 4.27. The number of hydrogen-bond acceptors (Lipinski definition) is 6. The van der Waals surface area contributed by atoms with Gasteiger partial charge in [0.1, 0.15) is 13.2 Å². The van der Waals surface area contributed by atoms with E-state index in [0.29, 0.717) is 19.3 Å². The highest BCUT2D eigenvalue weighted by molar-refractivity contribution is 5.71. The van der Waals surface area contributed by atoms with E-state index in [0.717, 1.165) is 89.9 Å². The maximum Gasteiger partial charge on any atom is 0.306 e. The first-order chi connectivity index (χ1) is 37.0. The normalized spacial score (nSPS) is 12.3. The minimum Gasteiger partial charge on any atom is -0.462 e. The summed E-state index contributed by atoms with van der Waals surface area (Å²) in [7, 11) is 0. The highest BCUT2D eigenvalue weighted by Gasteiger charge is 2.19. The van der Waals surface area contributed by atoms with Gasteiger partial charge >= 0.3 is 17.9 Å². The number of carbonyl (C=O) groups excluding carboxylic acids is 3. The van der Waals surface area contributed by atoms with E-state index in [9.17, 15) is 14.4 Å². The van der Waals surface area contributed by atoms with Crippen LogP contribution in [-0.2, 0) is 28.6 Å². The molecule has 0 aliphatic rings. The molecular formula is C69H126O6. The van der Waals surface area contributed by atoms with Gasteiger partial charge in [-0.25, -0.2) is 0 Å². The van der Waals surface area contributed by atoms with Crippen LogP contribution in [0.5, 0.6) is 0 Å². The molecule has 0 amide bonds. The third kappa shape index (κ3) is 62.1. The molecular weight excluding hydrogens is 925 g/mol. The molecule has 0 aromatic rings. The van der Waals surface area contributed by atoms with Crippen LogP contribution in [0.1, 0.15) is 355 Å². The summed E-state index contributed by atoms with van der Waals surface area (Å²) in [5.41, 5.74) is 0. The van der Waals surface area contributed by atoms with Crippen molar-refractivity contribution in [2.45, 2.75) is 361 Å². The van der Waals surface area contributed by atoms with Crippen molar-refractivity contribution >= 4 is 17.9 Å². The third-order valence-electron chi connectivity index (χ3n) is 14.8. The molecule has 0 radical (unpaired) electrons. The maximum atomic E-state index is 12.9. The molecule has 0 heterocycles. The summed E-state index contributed by atoms with van der Waals surface area (Å²) < 4.78 is 16.9. The minimum atomic E-state index is -0.783. The van der Waals surface area contributed by atoms with Gasteiger partial charge in [-0.3, -0.25) is 14.4 Å². The van der Waals surface area contributed by atoms with E-state index in [1.165, 1.54) is 225 Å². The lowest BCUT2D eigenvalue weighted by Crippen LogP contribution is -2.30. The van der Waals surface area contributed by atoms with Crippen molar-refractivity contribution < 1.29 is 28.6 Å². The van der Waals surface area contributed by atoms with Gasteiger partial charge in [-0.15, -0.1) is 0 Å². The average Bonchev–Trinajstić information content (AvgIpc) is 3.41. The van der Waals surface area contributed by atoms with Crippen molar-refractivity contribution in [1.82, 2.24) is 0 Å². The molecule has 6 nitrogen and oxygen atoms in total. The van der Waals surface area contributed by atoms with Crippen molar-refractivity contribution in [3.8, 4) is 0 Å². The van der Waals surface area contributed by atoms with Crippen LogP contribution in [0, 0.1) is 0 Å². The van der Waals surface area contributed by atoms with E-state index < -0.39 is 6.10 Å². The van der Waals surface area contributed by atoms with Crippen molar-refractivity contribution in [3.05, 3.63) is 48.6 Å². The molecule has 0 saturated carbocycles. The lowest BCUT2D eigenvalue weighted by Gasteiger charge is -2.18. The number of rotatable bonds is 61. The number of allylic oxidation sites excluding steroid dienone is 8. The molecule has 0 spiro atoms. The van der Waals surface area contributed by atoms with Crippen molar-refractivity contribution in [2.75, 3.05) is 13.2 Å². The molecule has 0 bridgehead atoms. The Labute approximate surface area is 467 Å². The fourth-order valence-corrected chi connectivity index (χ4v) is 9.80. The number of ether oxygens (including phenoxy) is 3. The minimum absolute atomic E-state index is 0.0776. The largest absolute Gasteiger partial charge is 0.462 e. The zero-order valence-electron chi connectivity index (χ0n) is 50.3. The summed E-state index contributed by atoms with van der Waals surface area (Å²) in [5, 5.41) is 0. The van der Waals surface area contributed by atoms with E-state index in [1.54, 1.807) is 0 Å². The van der Waals surface area contributed by atoms with Crippen LogP contribution >= 0.6 is 0 Å². The van der Waals surface area contributed by atoms with E-state index in [1.807, 2.05) is 0 Å². The van der Waals surface area contributed by atoms with Gasteiger partial charge in [-0.2, -0.15) is 0 Å². The summed E-state index contributed by atoms with van der Waals surface area (Å²) >= 11 is 0. The Hall–Kier alpha value is -2.63. The van der Waals surface area contributed by atoms with Crippen LogP contribution in [0.25, 0.3) is 0 Å². The van der Waals surface area contributed by atoms with Gasteiger partial charge in [0.15, 0.2) is 6.10 Å². The molecule has 6 heteroatoms. The molecule has 1 atom stereocenters. The van der Waals surface area contributed by atoms with E-state index >= 15 is 0 Å². The lowest BCUT2D eigenvalue weighted by atomic mass is 10.0. The molecule has 0 aromatic heterocycles. The van der Waals surface area contributed by atoms with Gasteiger partial charge in [0, 0.05) is 19.3 Å². The molecule has 75 heavy (non-hydrogen) atoms. The molecule has 0 aromatic carbocycles. The molecule has 0 aliphatic carbocycles. The van der Waals surface area contributed by atoms with Crippen LogP contribution in [0.15, 0.2) is 48.6 Å². The number of carbonyl (C=O) groups is 3. The van der Waals surface area contributed by atoms with Gasteiger partial charge in [0.25, 0.3) is 0 Å². The van der Waals surface area contributed by atoms with E-state index in [2.05, 4.69) is 69.4 Å². The Morgan fingerprint density at radius 1 is 0.267 bits per heavy atom. The Bertz CT molecular complexity index is 1300. The topological polar surface area (TPSA) is 78.9 Å². The van der Waals surface area contributed by atoms with Crippen LogP contribution in [0.4, 0.5) is 0 Å². The van der Waals surface area contributed by atoms with Gasteiger partial charge in [-0.1, -0.05) is 301 Å². The monoisotopic (exact) mass is 1050 g/mol. The zero-order valence-corrected chi connectivity index (χ0v) is 50.3. The second kappa shape index (κ2) is 63.9. The van der Waals surface area contributed by atoms with Crippen LogP contribution in [0.3, 0.4) is 0 Å². The molecule has 1 unspecified atom stereocenters. The average molecular weight is 1050 g/mol. The Morgan fingerprint density at radius 2 is 0.480 bits per heavy atom. The van der Waals surface area contributed by atoms with E-state index in [-0.39, 0.29) is 31.1 Å². The van der Waals surface area contributed by atoms with Gasteiger partial charge in [0.2, 0.25) is 0 Å². The summed E-state index contributed by atoms with van der Waals surface area (Å²) in [6.45, 7) is 6.64. The van der Waals surface area contributed by atoms with E-state index in [4.69, 9.17) is 14.2 Å². The second-order valence-corrected chi connectivity index (χ2v) is 22.4. The first-order valence-corrected chi connectivity index (χ1v) is 33.1. The highest BCUT2D eigenvalue weighted by Crippen LogP contribution is 2.18. The Morgan fingerprint density at radius 3 is 0.800 bits per heavy atom.